The molecule has 0 bridgehead atoms. The zero-order valence-corrected chi connectivity index (χ0v) is 12.8. The molecule has 0 fully saturated rings. The highest BCUT2D eigenvalue weighted by Gasteiger charge is 2.12. The van der Waals surface area contributed by atoms with E-state index < -0.39 is 0 Å². The predicted octanol–water partition coefficient (Wildman–Crippen LogP) is 3.70. The SMILES string of the molecule is CCCCCN(c1ccnc(NCCC)n1)C(C)C. The normalized spacial score (nSPS) is 10.8. The van der Waals surface area contributed by atoms with E-state index in [9.17, 15) is 0 Å². The van der Waals surface area contributed by atoms with Gasteiger partial charge in [-0.3, -0.25) is 0 Å². The van der Waals surface area contributed by atoms with Crippen molar-refractivity contribution in [1.82, 2.24) is 9.97 Å². The number of nitrogens with one attached hydrogen (secondary N) is 1. The molecule has 0 aliphatic carbocycles. The minimum Gasteiger partial charge on any atom is -0.354 e. The molecule has 19 heavy (non-hydrogen) atoms. The zero-order valence-electron chi connectivity index (χ0n) is 12.8. The van der Waals surface area contributed by atoms with E-state index in [1.807, 2.05) is 12.3 Å². The summed E-state index contributed by atoms with van der Waals surface area (Å²) in [6.07, 6.45) is 6.66. The molecular formula is C15H28N4. The molecule has 0 saturated heterocycles. The fourth-order valence-electron chi connectivity index (χ4n) is 2.00. The summed E-state index contributed by atoms with van der Waals surface area (Å²) in [6.45, 7) is 10.8. The van der Waals surface area contributed by atoms with Crippen LogP contribution in [0, 0.1) is 0 Å². The Morgan fingerprint density at radius 3 is 2.63 bits per heavy atom. The van der Waals surface area contributed by atoms with E-state index >= 15 is 0 Å². The molecule has 108 valence electrons. The average molecular weight is 264 g/mol. The van der Waals surface area contributed by atoms with Gasteiger partial charge in [-0.25, -0.2) is 4.98 Å². The molecule has 0 saturated carbocycles. The van der Waals surface area contributed by atoms with Crippen molar-refractivity contribution in [1.29, 1.82) is 0 Å². The number of aromatic nitrogens is 2. The second kappa shape index (κ2) is 8.73. The molecule has 1 heterocycles. The lowest BCUT2D eigenvalue weighted by Gasteiger charge is -2.28. The third-order valence-corrected chi connectivity index (χ3v) is 3.09. The van der Waals surface area contributed by atoms with Gasteiger partial charge in [0, 0.05) is 25.3 Å². The topological polar surface area (TPSA) is 41.1 Å². The number of hydrogen-bond donors (Lipinski definition) is 1. The second-order valence-corrected chi connectivity index (χ2v) is 5.16. The maximum atomic E-state index is 4.61. The van der Waals surface area contributed by atoms with Gasteiger partial charge in [0.2, 0.25) is 5.95 Å². The molecule has 0 aliphatic heterocycles. The molecule has 0 amide bonds. The monoisotopic (exact) mass is 264 g/mol. The first-order chi connectivity index (χ1) is 9.19. The Hall–Kier alpha value is -1.32. The Kier molecular flexibility index (Phi) is 7.23. The minimum atomic E-state index is 0.464. The van der Waals surface area contributed by atoms with Gasteiger partial charge >= 0.3 is 0 Å². The van der Waals surface area contributed by atoms with E-state index in [1.54, 1.807) is 0 Å². The standard InChI is InChI=1S/C15H28N4/c1-5-7-8-12-19(13(3)4)14-9-11-17-15(18-14)16-10-6-2/h9,11,13H,5-8,10,12H2,1-4H3,(H,16,17,18). The molecule has 4 heteroatoms. The van der Waals surface area contributed by atoms with Crippen LogP contribution in [0.2, 0.25) is 0 Å². The van der Waals surface area contributed by atoms with E-state index in [0.717, 1.165) is 31.3 Å². The number of anilines is 2. The zero-order chi connectivity index (χ0) is 14.1. The third-order valence-electron chi connectivity index (χ3n) is 3.09. The third kappa shape index (κ3) is 5.45. The minimum absolute atomic E-state index is 0.464. The molecule has 4 nitrogen and oxygen atoms in total. The van der Waals surface area contributed by atoms with Crippen LogP contribution in [0.15, 0.2) is 12.3 Å². The number of hydrogen-bond acceptors (Lipinski definition) is 4. The van der Waals surface area contributed by atoms with Crippen molar-refractivity contribution in [2.24, 2.45) is 0 Å². The lowest BCUT2D eigenvalue weighted by atomic mass is 10.2. The number of nitrogens with zero attached hydrogens (tertiary/aromatic N) is 3. The molecule has 1 rings (SSSR count). The van der Waals surface area contributed by atoms with E-state index in [1.165, 1.54) is 19.3 Å². The summed E-state index contributed by atoms with van der Waals surface area (Å²) in [5.41, 5.74) is 0. The predicted molar refractivity (Wildman–Crippen MR) is 82.8 cm³/mol. The van der Waals surface area contributed by atoms with Crippen LogP contribution in [0.4, 0.5) is 11.8 Å². The molecule has 0 aromatic carbocycles. The molecule has 0 unspecified atom stereocenters. The van der Waals surface area contributed by atoms with Gasteiger partial charge in [-0.05, 0) is 32.8 Å². The summed E-state index contributed by atoms with van der Waals surface area (Å²) in [6, 6.07) is 2.47. The number of rotatable bonds is 9. The summed E-state index contributed by atoms with van der Waals surface area (Å²) in [5, 5.41) is 3.25. The van der Waals surface area contributed by atoms with Crippen molar-refractivity contribution < 1.29 is 0 Å². The van der Waals surface area contributed by atoms with Crippen LogP contribution in [0.25, 0.3) is 0 Å². The maximum absolute atomic E-state index is 4.61. The van der Waals surface area contributed by atoms with Crippen molar-refractivity contribution >= 4 is 11.8 Å². The van der Waals surface area contributed by atoms with Gasteiger partial charge in [-0.2, -0.15) is 4.98 Å². The Bertz CT molecular complexity index is 352. The highest BCUT2D eigenvalue weighted by atomic mass is 15.2. The summed E-state index contributed by atoms with van der Waals surface area (Å²) < 4.78 is 0. The molecular weight excluding hydrogens is 236 g/mol. The molecule has 1 aromatic rings. The summed E-state index contributed by atoms with van der Waals surface area (Å²) in [4.78, 5) is 11.2. The largest absolute Gasteiger partial charge is 0.354 e. The van der Waals surface area contributed by atoms with Gasteiger partial charge in [0.05, 0.1) is 0 Å². The van der Waals surface area contributed by atoms with E-state index in [-0.39, 0.29) is 0 Å². The fraction of sp³-hybridized carbons (Fsp3) is 0.733. The molecule has 0 radical (unpaired) electrons. The van der Waals surface area contributed by atoms with E-state index in [2.05, 4.69) is 47.9 Å². The number of unbranched alkanes of at least 4 members (excludes halogenated alkanes) is 2. The summed E-state index contributed by atoms with van der Waals surface area (Å²) >= 11 is 0. The van der Waals surface area contributed by atoms with E-state index in [0.29, 0.717) is 6.04 Å². The average Bonchev–Trinajstić information content (AvgIpc) is 2.41. The van der Waals surface area contributed by atoms with Crippen LogP contribution in [-0.2, 0) is 0 Å². The van der Waals surface area contributed by atoms with Crippen molar-refractivity contribution in [3.63, 3.8) is 0 Å². The second-order valence-electron chi connectivity index (χ2n) is 5.16. The van der Waals surface area contributed by atoms with Crippen LogP contribution < -0.4 is 10.2 Å². The lowest BCUT2D eigenvalue weighted by molar-refractivity contribution is 0.619. The Morgan fingerprint density at radius 2 is 2.00 bits per heavy atom. The van der Waals surface area contributed by atoms with E-state index in [4.69, 9.17) is 0 Å². The van der Waals surface area contributed by atoms with Gasteiger partial charge in [-0.1, -0.05) is 26.7 Å². The van der Waals surface area contributed by atoms with Gasteiger partial charge in [-0.15, -0.1) is 0 Å². The van der Waals surface area contributed by atoms with Crippen LogP contribution in [0.5, 0.6) is 0 Å². The van der Waals surface area contributed by atoms with Crippen molar-refractivity contribution in [2.45, 2.75) is 59.4 Å². The van der Waals surface area contributed by atoms with Gasteiger partial charge < -0.3 is 10.2 Å². The first kappa shape index (κ1) is 15.7. The van der Waals surface area contributed by atoms with Gasteiger partial charge in [0.1, 0.15) is 5.82 Å². The molecule has 1 aromatic heterocycles. The molecule has 0 aliphatic rings. The maximum Gasteiger partial charge on any atom is 0.224 e. The lowest BCUT2D eigenvalue weighted by Crippen LogP contribution is -2.32. The Labute approximate surface area is 117 Å². The smallest absolute Gasteiger partial charge is 0.224 e. The molecule has 0 spiro atoms. The Balaban J connectivity index is 2.71. The van der Waals surface area contributed by atoms with Crippen LogP contribution >= 0.6 is 0 Å². The van der Waals surface area contributed by atoms with Gasteiger partial charge in [0.15, 0.2) is 0 Å². The quantitative estimate of drug-likeness (QED) is 0.690. The first-order valence-electron chi connectivity index (χ1n) is 7.52. The van der Waals surface area contributed by atoms with Gasteiger partial charge in [0.25, 0.3) is 0 Å². The highest BCUT2D eigenvalue weighted by Crippen LogP contribution is 2.16. The fourth-order valence-corrected chi connectivity index (χ4v) is 2.00. The van der Waals surface area contributed by atoms with Crippen molar-refractivity contribution in [3.05, 3.63) is 12.3 Å². The first-order valence-corrected chi connectivity index (χ1v) is 7.52. The molecule has 1 N–H and O–H groups in total. The highest BCUT2D eigenvalue weighted by molar-refractivity contribution is 5.43. The Morgan fingerprint density at radius 1 is 1.21 bits per heavy atom. The van der Waals surface area contributed by atoms with Crippen LogP contribution in [-0.4, -0.2) is 29.1 Å². The summed E-state index contributed by atoms with van der Waals surface area (Å²) in [7, 11) is 0. The van der Waals surface area contributed by atoms with Crippen LogP contribution in [0.1, 0.15) is 53.4 Å². The van der Waals surface area contributed by atoms with Crippen LogP contribution in [0.3, 0.4) is 0 Å². The van der Waals surface area contributed by atoms with Crippen molar-refractivity contribution in [2.75, 3.05) is 23.3 Å². The summed E-state index contributed by atoms with van der Waals surface area (Å²) in [5.74, 6) is 1.76. The van der Waals surface area contributed by atoms with Crippen molar-refractivity contribution in [3.8, 4) is 0 Å². The molecule has 0 atom stereocenters.